The highest BCUT2D eigenvalue weighted by Crippen LogP contribution is 2.17. The fourth-order valence-electron chi connectivity index (χ4n) is 2.64. The molecule has 1 heterocycles. The van der Waals surface area contributed by atoms with Crippen LogP contribution < -0.4 is 5.32 Å². The number of carbonyl (C=O) groups is 1. The second kappa shape index (κ2) is 7.15. The van der Waals surface area contributed by atoms with Crippen molar-refractivity contribution in [2.24, 2.45) is 0 Å². The zero-order valence-electron chi connectivity index (χ0n) is 12.8. The van der Waals surface area contributed by atoms with Crippen LogP contribution in [-0.2, 0) is 11.3 Å². The number of nitrogens with one attached hydrogen (secondary N) is 1. The van der Waals surface area contributed by atoms with Crippen LogP contribution in [0.4, 0.5) is 10.5 Å². The van der Waals surface area contributed by atoms with E-state index in [-0.39, 0.29) is 19.2 Å². The first-order valence-corrected chi connectivity index (χ1v) is 7.67. The monoisotopic (exact) mass is 312 g/mol. The van der Waals surface area contributed by atoms with Gasteiger partial charge in [-0.1, -0.05) is 48.5 Å². The Morgan fingerprint density at radius 3 is 2.43 bits per heavy atom. The number of aliphatic hydroxyl groups is 1. The first-order valence-electron chi connectivity index (χ1n) is 7.67. The van der Waals surface area contributed by atoms with E-state index in [1.54, 1.807) is 0 Å². The number of benzene rings is 2. The van der Waals surface area contributed by atoms with Gasteiger partial charge in [0.25, 0.3) is 0 Å². The number of hydrogen-bond acceptors (Lipinski definition) is 4. The second-order valence-electron chi connectivity index (χ2n) is 5.63. The van der Waals surface area contributed by atoms with E-state index in [1.807, 2.05) is 60.7 Å². The maximum Gasteiger partial charge on any atom is 0.410 e. The Bertz CT molecular complexity index is 633. The van der Waals surface area contributed by atoms with E-state index >= 15 is 0 Å². The van der Waals surface area contributed by atoms with Gasteiger partial charge in [-0.2, -0.15) is 0 Å². The predicted molar refractivity (Wildman–Crippen MR) is 88.1 cm³/mol. The molecule has 2 N–H and O–H groups in total. The number of amides is 1. The van der Waals surface area contributed by atoms with Crippen molar-refractivity contribution in [3.05, 3.63) is 66.2 Å². The Labute approximate surface area is 135 Å². The van der Waals surface area contributed by atoms with Crippen LogP contribution in [0.25, 0.3) is 0 Å². The standard InChI is InChI=1S/C18H20N2O3/c21-17-12-20(11-16(17)19-15-9-5-2-6-10-15)18(22)23-13-14-7-3-1-4-8-14/h1-10,16-17,19,21H,11-13H2/t16-,17-/m1/s1. The summed E-state index contributed by atoms with van der Waals surface area (Å²) in [5, 5.41) is 13.4. The zero-order valence-corrected chi connectivity index (χ0v) is 12.8. The lowest BCUT2D eigenvalue weighted by Crippen LogP contribution is -2.33. The molecule has 1 aliphatic heterocycles. The predicted octanol–water partition coefficient (Wildman–Crippen LogP) is 2.48. The molecular weight excluding hydrogens is 292 g/mol. The van der Waals surface area contributed by atoms with Gasteiger partial charge >= 0.3 is 6.09 Å². The summed E-state index contributed by atoms with van der Waals surface area (Å²) in [7, 11) is 0. The molecule has 1 fully saturated rings. The first-order chi connectivity index (χ1) is 11.2. The van der Waals surface area contributed by atoms with Gasteiger partial charge in [0.2, 0.25) is 0 Å². The number of rotatable bonds is 4. The second-order valence-corrected chi connectivity index (χ2v) is 5.63. The molecule has 120 valence electrons. The van der Waals surface area contributed by atoms with Crippen molar-refractivity contribution in [3.8, 4) is 0 Å². The molecule has 3 rings (SSSR count). The summed E-state index contributed by atoms with van der Waals surface area (Å²) in [6.45, 7) is 0.935. The molecule has 1 aliphatic rings. The summed E-state index contributed by atoms with van der Waals surface area (Å²) in [5.41, 5.74) is 1.87. The number of carbonyl (C=O) groups excluding carboxylic acids is 1. The molecule has 0 unspecified atom stereocenters. The highest BCUT2D eigenvalue weighted by Gasteiger charge is 2.34. The molecule has 23 heavy (non-hydrogen) atoms. The van der Waals surface area contributed by atoms with Gasteiger partial charge in [0.05, 0.1) is 18.7 Å². The summed E-state index contributed by atoms with van der Waals surface area (Å²) in [6.07, 6.45) is -1.01. The minimum atomic E-state index is -0.612. The first kappa shape index (κ1) is 15.4. The molecule has 2 aromatic carbocycles. The highest BCUT2D eigenvalue weighted by atomic mass is 16.6. The third-order valence-electron chi connectivity index (χ3n) is 3.88. The average Bonchev–Trinajstić information content (AvgIpc) is 2.95. The van der Waals surface area contributed by atoms with Crippen LogP contribution in [0.1, 0.15) is 5.56 Å². The van der Waals surface area contributed by atoms with Gasteiger partial charge in [0.15, 0.2) is 0 Å². The van der Waals surface area contributed by atoms with Gasteiger partial charge in [-0.05, 0) is 17.7 Å². The number of para-hydroxylation sites is 1. The van der Waals surface area contributed by atoms with Gasteiger partial charge < -0.3 is 20.1 Å². The topological polar surface area (TPSA) is 61.8 Å². The number of β-amino-alcohol motifs (C(OH)–C–C–N with tert-alkyl or cyclic N) is 1. The summed E-state index contributed by atoms with van der Waals surface area (Å²) < 4.78 is 5.31. The van der Waals surface area contributed by atoms with Gasteiger partial charge in [0.1, 0.15) is 6.61 Å². The third kappa shape index (κ3) is 4.02. The van der Waals surface area contributed by atoms with Crippen LogP contribution in [0.2, 0.25) is 0 Å². The quantitative estimate of drug-likeness (QED) is 0.910. The van der Waals surface area contributed by atoms with Crippen molar-refractivity contribution in [3.63, 3.8) is 0 Å². The van der Waals surface area contributed by atoms with E-state index in [1.165, 1.54) is 4.90 Å². The van der Waals surface area contributed by atoms with Crippen LogP contribution in [0.15, 0.2) is 60.7 Å². The lowest BCUT2D eigenvalue weighted by Gasteiger charge is -2.17. The molecule has 0 radical (unpaired) electrons. The maximum absolute atomic E-state index is 12.1. The van der Waals surface area contributed by atoms with Crippen molar-refractivity contribution >= 4 is 11.8 Å². The van der Waals surface area contributed by atoms with Crippen LogP contribution in [-0.4, -0.2) is 41.3 Å². The van der Waals surface area contributed by atoms with Crippen LogP contribution in [0.3, 0.4) is 0 Å². The molecule has 0 saturated carbocycles. The zero-order chi connectivity index (χ0) is 16.1. The number of likely N-dealkylation sites (tertiary alicyclic amines) is 1. The van der Waals surface area contributed by atoms with Crippen molar-refractivity contribution in [1.82, 2.24) is 4.90 Å². The smallest absolute Gasteiger partial charge is 0.410 e. The molecule has 2 aromatic rings. The molecule has 5 heteroatoms. The van der Waals surface area contributed by atoms with E-state index in [4.69, 9.17) is 4.74 Å². The van der Waals surface area contributed by atoms with Crippen LogP contribution in [0.5, 0.6) is 0 Å². The molecule has 1 amide bonds. The van der Waals surface area contributed by atoms with Crippen molar-refractivity contribution in [1.29, 1.82) is 0 Å². The third-order valence-corrected chi connectivity index (χ3v) is 3.88. The van der Waals surface area contributed by atoms with Gasteiger partial charge in [-0.15, -0.1) is 0 Å². The summed E-state index contributed by atoms with van der Waals surface area (Å²) in [4.78, 5) is 13.7. The largest absolute Gasteiger partial charge is 0.445 e. The normalized spacial score (nSPS) is 20.3. The number of nitrogens with zero attached hydrogens (tertiary/aromatic N) is 1. The van der Waals surface area contributed by atoms with E-state index in [0.717, 1.165) is 11.3 Å². The Morgan fingerprint density at radius 2 is 1.74 bits per heavy atom. The number of ether oxygens (including phenoxy) is 1. The molecule has 1 saturated heterocycles. The Hall–Kier alpha value is -2.53. The van der Waals surface area contributed by atoms with Gasteiger partial charge in [0, 0.05) is 12.2 Å². The van der Waals surface area contributed by atoms with Gasteiger partial charge in [-0.3, -0.25) is 0 Å². The van der Waals surface area contributed by atoms with E-state index in [2.05, 4.69) is 5.32 Å². The fraction of sp³-hybridized carbons (Fsp3) is 0.278. The lowest BCUT2D eigenvalue weighted by atomic mass is 10.2. The Balaban J connectivity index is 1.52. The SMILES string of the molecule is O=C(OCc1ccccc1)N1C[C@@H](O)[C@H](Nc2ccccc2)C1. The van der Waals surface area contributed by atoms with Crippen molar-refractivity contribution in [2.45, 2.75) is 18.8 Å². The molecule has 2 atom stereocenters. The Kier molecular flexibility index (Phi) is 4.78. The van der Waals surface area contributed by atoms with E-state index in [9.17, 15) is 9.90 Å². The van der Waals surface area contributed by atoms with Crippen molar-refractivity contribution in [2.75, 3.05) is 18.4 Å². The van der Waals surface area contributed by atoms with Crippen molar-refractivity contribution < 1.29 is 14.6 Å². The molecule has 5 nitrogen and oxygen atoms in total. The number of hydrogen-bond donors (Lipinski definition) is 2. The molecule has 0 bridgehead atoms. The molecule has 0 spiro atoms. The van der Waals surface area contributed by atoms with E-state index < -0.39 is 12.2 Å². The highest BCUT2D eigenvalue weighted by molar-refractivity contribution is 5.68. The summed E-state index contributed by atoms with van der Waals surface area (Å²) in [6, 6.07) is 19.0. The summed E-state index contributed by atoms with van der Waals surface area (Å²) >= 11 is 0. The maximum atomic E-state index is 12.1. The average molecular weight is 312 g/mol. The molecule has 0 aliphatic carbocycles. The summed E-state index contributed by atoms with van der Waals surface area (Å²) in [5.74, 6) is 0. The number of anilines is 1. The Morgan fingerprint density at radius 1 is 1.09 bits per heavy atom. The molecule has 0 aromatic heterocycles. The van der Waals surface area contributed by atoms with Gasteiger partial charge in [-0.25, -0.2) is 4.79 Å². The van der Waals surface area contributed by atoms with E-state index in [0.29, 0.717) is 6.54 Å². The molecular formula is C18H20N2O3. The van der Waals surface area contributed by atoms with Crippen LogP contribution in [0, 0.1) is 0 Å². The number of aliphatic hydroxyl groups excluding tert-OH is 1. The van der Waals surface area contributed by atoms with Crippen LogP contribution >= 0.6 is 0 Å². The minimum Gasteiger partial charge on any atom is -0.445 e. The fourth-order valence-corrected chi connectivity index (χ4v) is 2.64. The lowest BCUT2D eigenvalue weighted by molar-refractivity contribution is 0.0971. The minimum absolute atomic E-state index is 0.193.